The van der Waals surface area contributed by atoms with Crippen molar-refractivity contribution in [3.63, 3.8) is 0 Å². The van der Waals surface area contributed by atoms with Gasteiger partial charge in [-0.05, 0) is 63.4 Å². The van der Waals surface area contributed by atoms with Crippen LogP contribution in [-0.2, 0) is 17.9 Å². The van der Waals surface area contributed by atoms with Crippen LogP contribution in [0.1, 0.15) is 70.5 Å². The Morgan fingerprint density at radius 2 is 1.86 bits per heavy atom. The Balaban J connectivity index is 1.53. The smallest absolute Gasteiger partial charge is 0.227 e. The molecule has 1 saturated carbocycles. The number of fused-ring (bicyclic) bond motifs is 1. The van der Waals surface area contributed by atoms with Gasteiger partial charge in [0.1, 0.15) is 5.82 Å². The lowest BCUT2D eigenvalue weighted by atomic mass is 9.88. The van der Waals surface area contributed by atoms with E-state index in [1.807, 2.05) is 6.07 Å². The van der Waals surface area contributed by atoms with Crippen molar-refractivity contribution in [2.24, 2.45) is 5.92 Å². The number of likely N-dealkylation sites (tertiary alicyclic amines) is 1. The van der Waals surface area contributed by atoms with Crippen molar-refractivity contribution < 1.29 is 4.79 Å². The molecule has 1 amide bonds. The maximum absolute atomic E-state index is 12.6. The van der Waals surface area contributed by atoms with Gasteiger partial charge in [0, 0.05) is 18.2 Å². The number of nitrogens with zero attached hydrogens (tertiary/aromatic N) is 3. The summed E-state index contributed by atoms with van der Waals surface area (Å²) in [5.74, 6) is 1.52. The highest BCUT2D eigenvalue weighted by Crippen LogP contribution is 2.27. The summed E-state index contributed by atoms with van der Waals surface area (Å²) in [4.78, 5) is 20.1. The normalized spacial score (nSPS) is 19.2. The summed E-state index contributed by atoms with van der Waals surface area (Å²) >= 11 is 0. The Morgan fingerprint density at radius 1 is 1.11 bits per heavy atom. The zero-order valence-electron chi connectivity index (χ0n) is 17.3. The summed E-state index contributed by atoms with van der Waals surface area (Å²) in [6.07, 6.45) is 10.7. The molecule has 0 spiro atoms. The van der Waals surface area contributed by atoms with Crippen LogP contribution in [-0.4, -0.2) is 33.4 Å². The zero-order chi connectivity index (χ0) is 19.3. The summed E-state index contributed by atoms with van der Waals surface area (Å²) in [6.45, 7) is 6.50. The van der Waals surface area contributed by atoms with E-state index in [9.17, 15) is 4.79 Å². The monoisotopic (exact) mass is 382 g/mol. The van der Waals surface area contributed by atoms with Crippen LogP contribution in [0.5, 0.6) is 0 Å². The van der Waals surface area contributed by atoms with Gasteiger partial charge < -0.3 is 9.88 Å². The number of carbonyl (C=O) groups is 1. The van der Waals surface area contributed by atoms with Gasteiger partial charge in [0.25, 0.3) is 0 Å². The third-order valence-corrected chi connectivity index (χ3v) is 6.33. The summed E-state index contributed by atoms with van der Waals surface area (Å²) in [7, 11) is 0. The number of hydrogen-bond acceptors (Lipinski definition) is 3. The highest BCUT2D eigenvalue weighted by atomic mass is 16.1. The van der Waals surface area contributed by atoms with E-state index in [4.69, 9.17) is 4.98 Å². The fourth-order valence-electron chi connectivity index (χ4n) is 4.78. The minimum Gasteiger partial charge on any atom is -0.327 e. The molecule has 2 aromatic rings. The number of imidazole rings is 1. The van der Waals surface area contributed by atoms with Gasteiger partial charge in [-0.2, -0.15) is 0 Å². The molecular formula is C23H34N4O. The number of nitrogens with one attached hydrogen (secondary N) is 1. The molecule has 1 aromatic carbocycles. The predicted octanol–water partition coefficient (Wildman–Crippen LogP) is 4.95. The van der Waals surface area contributed by atoms with E-state index in [-0.39, 0.29) is 11.8 Å². The Bertz CT molecular complexity index is 800. The van der Waals surface area contributed by atoms with Crippen molar-refractivity contribution in [3.05, 3.63) is 24.0 Å². The van der Waals surface area contributed by atoms with Crippen molar-refractivity contribution in [3.8, 4) is 0 Å². The third kappa shape index (κ3) is 4.40. The molecule has 0 bridgehead atoms. The number of carbonyl (C=O) groups excluding carboxylic acids is 1. The van der Waals surface area contributed by atoms with Gasteiger partial charge in [0.2, 0.25) is 5.91 Å². The maximum Gasteiger partial charge on any atom is 0.227 e. The molecule has 2 heterocycles. The Labute approximate surface area is 168 Å². The van der Waals surface area contributed by atoms with Gasteiger partial charge in [-0.25, -0.2) is 4.98 Å². The van der Waals surface area contributed by atoms with E-state index in [0.29, 0.717) is 0 Å². The van der Waals surface area contributed by atoms with Crippen LogP contribution < -0.4 is 5.32 Å². The van der Waals surface area contributed by atoms with Crippen molar-refractivity contribution in [1.29, 1.82) is 0 Å². The van der Waals surface area contributed by atoms with Crippen LogP contribution in [0, 0.1) is 5.92 Å². The minimum atomic E-state index is 0.178. The number of benzene rings is 1. The molecule has 1 aromatic heterocycles. The van der Waals surface area contributed by atoms with E-state index in [2.05, 4.69) is 33.8 Å². The van der Waals surface area contributed by atoms with E-state index in [1.165, 1.54) is 57.1 Å². The van der Waals surface area contributed by atoms with Crippen LogP contribution in [0.3, 0.4) is 0 Å². The SMILES string of the molecule is CCCn1c(CN2CCCCC2)nc2cc(NC(=O)C3CCCCC3)ccc21. The van der Waals surface area contributed by atoms with E-state index in [1.54, 1.807) is 0 Å². The molecule has 0 atom stereocenters. The highest BCUT2D eigenvalue weighted by molar-refractivity contribution is 5.94. The van der Waals surface area contributed by atoms with Crippen molar-refractivity contribution in [1.82, 2.24) is 14.5 Å². The van der Waals surface area contributed by atoms with Gasteiger partial charge in [0.15, 0.2) is 0 Å². The largest absolute Gasteiger partial charge is 0.327 e. The lowest BCUT2D eigenvalue weighted by Crippen LogP contribution is -2.30. The second kappa shape index (κ2) is 9.08. The van der Waals surface area contributed by atoms with Crippen LogP contribution in [0.25, 0.3) is 11.0 Å². The van der Waals surface area contributed by atoms with E-state index < -0.39 is 0 Å². The van der Waals surface area contributed by atoms with Gasteiger partial charge in [-0.3, -0.25) is 9.69 Å². The lowest BCUT2D eigenvalue weighted by Gasteiger charge is -2.26. The molecule has 1 N–H and O–H groups in total. The first-order valence-corrected chi connectivity index (χ1v) is 11.3. The number of hydrogen-bond donors (Lipinski definition) is 1. The first kappa shape index (κ1) is 19.4. The second-order valence-electron chi connectivity index (χ2n) is 8.54. The molecule has 4 rings (SSSR count). The Morgan fingerprint density at radius 3 is 2.61 bits per heavy atom. The van der Waals surface area contributed by atoms with Gasteiger partial charge in [-0.15, -0.1) is 0 Å². The van der Waals surface area contributed by atoms with E-state index in [0.717, 1.165) is 49.4 Å². The van der Waals surface area contributed by atoms with Crippen LogP contribution >= 0.6 is 0 Å². The topological polar surface area (TPSA) is 50.2 Å². The minimum absolute atomic E-state index is 0.178. The average Bonchev–Trinajstić information content (AvgIpc) is 3.06. The predicted molar refractivity (Wildman–Crippen MR) is 114 cm³/mol. The molecule has 0 radical (unpaired) electrons. The number of rotatable bonds is 6. The maximum atomic E-state index is 12.6. The van der Waals surface area contributed by atoms with Crippen molar-refractivity contribution in [2.45, 2.75) is 77.8 Å². The average molecular weight is 383 g/mol. The molecule has 1 saturated heterocycles. The summed E-state index contributed by atoms with van der Waals surface area (Å²) in [5, 5.41) is 3.15. The standard InChI is InChI=1S/C23H34N4O/c1-2-13-27-21-12-11-19(24-23(28)18-9-5-3-6-10-18)16-20(21)25-22(27)17-26-14-7-4-8-15-26/h11-12,16,18H,2-10,13-15,17H2,1H3,(H,24,28). The van der Waals surface area contributed by atoms with Crippen molar-refractivity contribution >= 4 is 22.6 Å². The third-order valence-electron chi connectivity index (χ3n) is 6.33. The number of amides is 1. The molecule has 28 heavy (non-hydrogen) atoms. The van der Waals surface area contributed by atoms with Crippen LogP contribution in [0.2, 0.25) is 0 Å². The summed E-state index contributed by atoms with van der Waals surface area (Å²) < 4.78 is 2.37. The van der Waals surface area contributed by atoms with E-state index >= 15 is 0 Å². The number of aryl methyl sites for hydroxylation is 1. The molecule has 5 heteroatoms. The summed E-state index contributed by atoms with van der Waals surface area (Å²) in [5.41, 5.74) is 3.07. The fraction of sp³-hybridized carbons (Fsp3) is 0.652. The molecular weight excluding hydrogens is 348 g/mol. The van der Waals surface area contributed by atoms with Crippen LogP contribution in [0.4, 0.5) is 5.69 Å². The number of piperidine rings is 1. The Kier molecular flexibility index (Phi) is 6.30. The van der Waals surface area contributed by atoms with Gasteiger partial charge in [0.05, 0.1) is 17.6 Å². The zero-order valence-corrected chi connectivity index (χ0v) is 17.3. The first-order chi connectivity index (χ1) is 13.7. The summed E-state index contributed by atoms with van der Waals surface area (Å²) in [6, 6.07) is 6.23. The van der Waals surface area contributed by atoms with Gasteiger partial charge in [-0.1, -0.05) is 32.6 Å². The molecule has 152 valence electrons. The molecule has 2 fully saturated rings. The Hall–Kier alpha value is -1.88. The highest BCUT2D eigenvalue weighted by Gasteiger charge is 2.22. The molecule has 2 aliphatic rings. The van der Waals surface area contributed by atoms with Crippen LogP contribution in [0.15, 0.2) is 18.2 Å². The lowest BCUT2D eigenvalue weighted by molar-refractivity contribution is -0.120. The molecule has 1 aliphatic heterocycles. The second-order valence-corrected chi connectivity index (χ2v) is 8.54. The fourth-order valence-corrected chi connectivity index (χ4v) is 4.78. The first-order valence-electron chi connectivity index (χ1n) is 11.3. The van der Waals surface area contributed by atoms with Crippen molar-refractivity contribution in [2.75, 3.05) is 18.4 Å². The number of aromatic nitrogens is 2. The van der Waals surface area contributed by atoms with Gasteiger partial charge >= 0.3 is 0 Å². The molecule has 1 aliphatic carbocycles. The quantitative estimate of drug-likeness (QED) is 0.769. The number of anilines is 1. The molecule has 5 nitrogen and oxygen atoms in total. The molecule has 0 unspecified atom stereocenters.